The van der Waals surface area contributed by atoms with E-state index in [9.17, 15) is 0 Å². The second-order valence-corrected chi connectivity index (χ2v) is 6.99. The second kappa shape index (κ2) is 4.76. The summed E-state index contributed by atoms with van der Waals surface area (Å²) < 4.78 is -2.99. The van der Waals surface area contributed by atoms with Gasteiger partial charge in [-0.05, 0) is 18.1 Å². The van der Waals surface area contributed by atoms with Gasteiger partial charge in [-0.15, -0.1) is 0 Å². The molecule has 0 aromatic heterocycles. The number of rotatable bonds is 1. The summed E-state index contributed by atoms with van der Waals surface area (Å²) in [5.41, 5.74) is 0.889. The maximum absolute atomic E-state index is 6.12. The van der Waals surface area contributed by atoms with Crippen molar-refractivity contribution in [3.8, 4) is 0 Å². The van der Waals surface area contributed by atoms with Gasteiger partial charge in [0.1, 0.15) is 0 Å². The number of alkyl halides is 5. The van der Waals surface area contributed by atoms with E-state index in [1.807, 2.05) is 0 Å². The van der Waals surface area contributed by atoms with Crippen LogP contribution in [0.15, 0.2) is 21.2 Å². The third kappa shape index (κ3) is 2.19. The van der Waals surface area contributed by atoms with Crippen LogP contribution in [0, 0.1) is 0 Å². The minimum absolute atomic E-state index is 0.285. The predicted octanol–water partition coefficient (Wildman–Crippen LogP) is 5.75. The van der Waals surface area contributed by atoms with E-state index < -0.39 is 8.67 Å². The number of hydrogen-bond acceptors (Lipinski definition) is 0. The van der Waals surface area contributed by atoms with Crippen molar-refractivity contribution in [1.82, 2.24) is 0 Å². The highest BCUT2D eigenvalue weighted by atomic mass is 79.9. The molecule has 7 heteroatoms. The van der Waals surface area contributed by atoms with Gasteiger partial charge in [-0.3, -0.25) is 0 Å². The van der Waals surface area contributed by atoms with E-state index in [0.29, 0.717) is 16.5 Å². The number of hydrogen-bond donors (Lipinski definition) is 0. The normalized spacial score (nSPS) is 24.8. The highest BCUT2D eigenvalue weighted by Crippen LogP contribution is 2.58. The van der Waals surface area contributed by atoms with Crippen molar-refractivity contribution in [3.63, 3.8) is 0 Å². The fraction of sp³-hybridized carbons (Fsp3) is 0.500. The quantitative estimate of drug-likeness (QED) is 0.498. The van der Waals surface area contributed by atoms with Gasteiger partial charge in [0.2, 0.25) is 0 Å². The van der Waals surface area contributed by atoms with E-state index in [1.54, 1.807) is 6.92 Å². The molecule has 0 amide bonds. The Morgan fingerprint density at radius 3 is 1.87 bits per heavy atom. The first-order chi connectivity index (χ1) is 6.67. The van der Waals surface area contributed by atoms with E-state index in [-0.39, 0.29) is 10.1 Å². The van der Waals surface area contributed by atoms with Crippen LogP contribution in [0.3, 0.4) is 0 Å². The van der Waals surface area contributed by atoms with Gasteiger partial charge < -0.3 is 0 Å². The molecule has 15 heavy (non-hydrogen) atoms. The molecule has 0 unspecified atom stereocenters. The Balaban J connectivity index is 3.50. The molecule has 1 aliphatic rings. The summed E-state index contributed by atoms with van der Waals surface area (Å²) in [7, 11) is 0. The largest absolute Gasteiger partial charge is 0.178 e. The van der Waals surface area contributed by atoms with Crippen molar-refractivity contribution >= 4 is 85.5 Å². The minimum Gasteiger partial charge on any atom is -0.0928 e. The Morgan fingerprint density at radius 2 is 1.47 bits per heavy atom. The topological polar surface area (TPSA) is 0 Å². The standard InChI is InChI=1S/C8H5BrCl6/c1-3-5(10)6(11)4(2-9)8(14,15)7(3,12)13/h2H2,1H3. The highest BCUT2D eigenvalue weighted by molar-refractivity contribution is 9.09. The predicted molar refractivity (Wildman–Crippen MR) is 74.1 cm³/mol. The molecular formula is C8H5BrCl6. The monoisotopic (exact) mass is 390 g/mol. The van der Waals surface area contributed by atoms with Crippen molar-refractivity contribution in [2.45, 2.75) is 15.6 Å². The van der Waals surface area contributed by atoms with Gasteiger partial charge in [0.25, 0.3) is 0 Å². The Morgan fingerprint density at radius 1 is 1.00 bits per heavy atom. The molecule has 0 N–H and O–H groups in total. The first-order valence-corrected chi connectivity index (χ1v) is 7.14. The van der Waals surface area contributed by atoms with Crippen LogP contribution in [-0.2, 0) is 0 Å². The average molecular weight is 394 g/mol. The Kier molecular flexibility index (Phi) is 4.68. The second-order valence-electron chi connectivity index (χ2n) is 3.01. The van der Waals surface area contributed by atoms with Gasteiger partial charge in [-0.2, -0.15) is 0 Å². The van der Waals surface area contributed by atoms with E-state index in [1.165, 1.54) is 0 Å². The van der Waals surface area contributed by atoms with Crippen LogP contribution in [0.2, 0.25) is 0 Å². The summed E-state index contributed by atoms with van der Waals surface area (Å²) >= 11 is 39.6. The Labute approximate surface area is 127 Å². The summed E-state index contributed by atoms with van der Waals surface area (Å²) in [6.07, 6.45) is 0. The van der Waals surface area contributed by atoms with Crippen molar-refractivity contribution < 1.29 is 0 Å². The highest BCUT2D eigenvalue weighted by Gasteiger charge is 2.55. The van der Waals surface area contributed by atoms with Gasteiger partial charge in [0, 0.05) is 5.33 Å². The molecule has 0 saturated carbocycles. The lowest BCUT2D eigenvalue weighted by atomic mass is 9.98. The van der Waals surface area contributed by atoms with Crippen molar-refractivity contribution in [1.29, 1.82) is 0 Å². The molecule has 1 aliphatic carbocycles. The molecule has 0 aliphatic heterocycles. The Hall–Kier alpha value is 1.70. The van der Waals surface area contributed by atoms with Gasteiger partial charge in [-0.25, -0.2) is 0 Å². The van der Waals surface area contributed by atoms with Gasteiger partial charge in [0.15, 0.2) is 8.67 Å². The summed E-state index contributed by atoms with van der Waals surface area (Å²) in [5.74, 6) is 0. The molecule has 0 radical (unpaired) electrons. The van der Waals surface area contributed by atoms with E-state index in [2.05, 4.69) is 15.9 Å². The molecule has 0 bridgehead atoms. The van der Waals surface area contributed by atoms with E-state index in [0.717, 1.165) is 0 Å². The van der Waals surface area contributed by atoms with Crippen molar-refractivity contribution in [3.05, 3.63) is 21.2 Å². The van der Waals surface area contributed by atoms with Gasteiger partial charge in [0.05, 0.1) is 10.1 Å². The molecule has 0 heterocycles. The average Bonchev–Trinajstić information content (AvgIpc) is 2.14. The molecule has 1 rings (SSSR count). The molecule has 0 aromatic rings. The van der Waals surface area contributed by atoms with Crippen molar-refractivity contribution in [2.75, 3.05) is 5.33 Å². The van der Waals surface area contributed by atoms with Crippen LogP contribution in [0.4, 0.5) is 0 Å². The number of allylic oxidation sites excluding steroid dienone is 4. The van der Waals surface area contributed by atoms with Crippen LogP contribution in [-0.4, -0.2) is 14.0 Å². The number of halogens is 7. The van der Waals surface area contributed by atoms with Crippen LogP contribution in [0.5, 0.6) is 0 Å². The Bertz CT molecular complexity index is 354. The molecule has 86 valence electrons. The zero-order valence-electron chi connectivity index (χ0n) is 7.35. The first kappa shape index (κ1) is 14.8. The maximum atomic E-state index is 6.12. The van der Waals surface area contributed by atoms with Crippen LogP contribution in [0.1, 0.15) is 6.92 Å². The minimum atomic E-state index is -1.50. The van der Waals surface area contributed by atoms with Gasteiger partial charge in [-0.1, -0.05) is 85.5 Å². The molecule has 0 saturated heterocycles. The molecule has 0 atom stereocenters. The first-order valence-electron chi connectivity index (χ1n) is 3.75. The van der Waals surface area contributed by atoms with Crippen LogP contribution < -0.4 is 0 Å². The summed E-state index contributed by atoms with van der Waals surface area (Å²) in [6, 6.07) is 0. The lowest BCUT2D eigenvalue weighted by molar-refractivity contribution is 0.791. The molecule has 0 aromatic carbocycles. The lowest BCUT2D eigenvalue weighted by Crippen LogP contribution is -2.42. The van der Waals surface area contributed by atoms with E-state index >= 15 is 0 Å². The molecule has 0 fully saturated rings. The lowest BCUT2D eigenvalue weighted by Gasteiger charge is -2.39. The summed E-state index contributed by atoms with van der Waals surface area (Å²) in [4.78, 5) is 0. The van der Waals surface area contributed by atoms with Crippen molar-refractivity contribution in [2.24, 2.45) is 0 Å². The summed E-state index contributed by atoms with van der Waals surface area (Å²) in [6.45, 7) is 1.63. The molecule has 0 nitrogen and oxygen atoms in total. The SMILES string of the molecule is CC1=C(Cl)C(Cl)=C(CBr)C(Cl)(Cl)C1(Cl)Cl. The third-order valence-corrected chi connectivity index (χ3v) is 6.26. The maximum Gasteiger partial charge on any atom is 0.178 e. The van der Waals surface area contributed by atoms with Gasteiger partial charge >= 0.3 is 0 Å². The fourth-order valence-corrected chi connectivity index (χ4v) is 4.15. The third-order valence-electron chi connectivity index (χ3n) is 2.16. The van der Waals surface area contributed by atoms with Crippen LogP contribution in [0.25, 0.3) is 0 Å². The van der Waals surface area contributed by atoms with E-state index in [4.69, 9.17) is 69.6 Å². The summed E-state index contributed by atoms with van der Waals surface area (Å²) in [5, 5.41) is 0.907. The fourth-order valence-electron chi connectivity index (χ4n) is 1.14. The van der Waals surface area contributed by atoms with Crippen LogP contribution >= 0.6 is 85.5 Å². The smallest absolute Gasteiger partial charge is 0.0928 e. The zero-order chi connectivity index (χ0) is 12.0. The molecule has 0 spiro atoms. The zero-order valence-corrected chi connectivity index (χ0v) is 13.5. The molecular weight excluding hydrogens is 389 g/mol.